The topological polar surface area (TPSA) is 20.2 Å². The number of phenols is 1. The first-order valence-electron chi connectivity index (χ1n) is 7.42. The predicted molar refractivity (Wildman–Crippen MR) is 90.7 cm³/mol. The number of hydrogen-bond acceptors (Lipinski definition) is 1. The van der Waals surface area contributed by atoms with E-state index in [2.05, 4.69) is 64.1 Å². The van der Waals surface area contributed by atoms with Gasteiger partial charge in [0.05, 0.1) is 0 Å². The summed E-state index contributed by atoms with van der Waals surface area (Å²) >= 11 is 0. The van der Waals surface area contributed by atoms with Crippen molar-refractivity contribution in [3.05, 3.63) is 70.8 Å². The van der Waals surface area contributed by atoms with Crippen LogP contribution in [0.25, 0.3) is 6.08 Å². The molecule has 0 spiro atoms. The van der Waals surface area contributed by atoms with Gasteiger partial charge in [-0.25, -0.2) is 0 Å². The molecule has 2 aromatic carbocycles. The van der Waals surface area contributed by atoms with Crippen LogP contribution in [0.1, 0.15) is 43.0 Å². The molecular formula is C20H24O. The van der Waals surface area contributed by atoms with Crippen molar-refractivity contribution in [3.8, 4) is 5.75 Å². The average molecular weight is 280 g/mol. The molecule has 0 amide bonds. The van der Waals surface area contributed by atoms with E-state index in [1.54, 1.807) is 0 Å². The highest BCUT2D eigenvalue weighted by Crippen LogP contribution is 2.34. The normalized spacial score (nSPS) is 12.0. The number of allylic oxidation sites excluding steroid dienone is 1. The Morgan fingerprint density at radius 3 is 2.33 bits per heavy atom. The van der Waals surface area contributed by atoms with E-state index < -0.39 is 0 Å². The third-order valence-corrected chi connectivity index (χ3v) is 3.59. The fourth-order valence-electron chi connectivity index (χ4n) is 2.47. The van der Waals surface area contributed by atoms with Gasteiger partial charge < -0.3 is 5.11 Å². The molecule has 0 aliphatic carbocycles. The molecule has 1 nitrogen and oxygen atoms in total. The molecular weight excluding hydrogens is 256 g/mol. The van der Waals surface area contributed by atoms with Crippen LogP contribution < -0.4 is 0 Å². The Morgan fingerprint density at radius 2 is 1.71 bits per heavy atom. The molecule has 0 heterocycles. The Kier molecular flexibility index (Phi) is 4.52. The van der Waals surface area contributed by atoms with Gasteiger partial charge in [-0.05, 0) is 35.4 Å². The second kappa shape index (κ2) is 6.17. The minimum absolute atomic E-state index is 0.0476. The van der Waals surface area contributed by atoms with Crippen LogP contribution in [-0.4, -0.2) is 5.11 Å². The fourth-order valence-corrected chi connectivity index (χ4v) is 2.47. The SMILES string of the molecule is Cc1cc(CC=Cc2ccccc2)c(O)c(C(C)(C)C)c1. The minimum Gasteiger partial charge on any atom is -0.507 e. The van der Waals surface area contributed by atoms with Crippen LogP contribution in [0.2, 0.25) is 0 Å². The van der Waals surface area contributed by atoms with Gasteiger partial charge in [0.1, 0.15) is 5.75 Å². The van der Waals surface area contributed by atoms with Crippen molar-refractivity contribution in [3.63, 3.8) is 0 Å². The number of aromatic hydroxyl groups is 1. The van der Waals surface area contributed by atoms with E-state index in [4.69, 9.17) is 0 Å². The van der Waals surface area contributed by atoms with Crippen LogP contribution in [0.4, 0.5) is 0 Å². The maximum Gasteiger partial charge on any atom is 0.122 e. The van der Waals surface area contributed by atoms with Gasteiger partial charge >= 0.3 is 0 Å². The van der Waals surface area contributed by atoms with Gasteiger partial charge in [0.15, 0.2) is 0 Å². The molecule has 0 fully saturated rings. The molecule has 0 atom stereocenters. The van der Waals surface area contributed by atoms with Crippen molar-refractivity contribution in [1.29, 1.82) is 0 Å². The molecule has 0 saturated carbocycles. The molecule has 110 valence electrons. The van der Waals surface area contributed by atoms with E-state index in [1.165, 1.54) is 11.1 Å². The lowest BCUT2D eigenvalue weighted by atomic mass is 9.84. The van der Waals surface area contributed by atoms with Gasteiger partial charge in [-0.3, -0.25) is 0 Å². The van der Waals surface area contributed by atoms with Gasteiger partial charge in [-0.1, -0.05) is 81.0 Å². The summed E-state index contributed by atoms with van der Waals surface area (Å²) in [6, 6.07) is 14.4. The van der Waals surface area contributed by atoms with Crippen LogP contribution in [0.5, 0.6) is 5.75 Å². The lowest BCUT2D eigenvalue weighted by Crippen LogP contribution is -2.12. The minimum atomic E-state index is -0.0476. The van der Waals surface area contributed by atoms with Crippen LogP contribution >= 0.6 is 0 Å². The number of benzene rings is 2. The molecule has 0 aliphatic rings. The van der Waals surface area contributed by atoms with Crippen molar-refractivity contribution in [2.24, 2.45) is 0 Å². The zero-order valence-corrected chi connectivity index (χ0v) is 13.4. The summed E-state index contributed by atoms with van der Waals surface area (Å²) in [5.41, 5.74) is 4.34. The first kappa shape index (κ1) is 15.4. The molecule has 2 rings (SSSR count). The molecule has 0 saturated heterocycles. The molecule has 2 aromatic rings. The van der Waals surface area contributed by atoms with Crippen molar-refractivity contribution < 1.29 is 5.11 Å². The van der Waals surface area contributed by atoms with Gasteiger partial charge in [-0.2, -0.15) is 0 Å². The molecule has 0 aliphatic heterocycles. The van der Waals surface area contributed by atoms with Gasteiger partial charge in [0, 0.05) is 0 Å². The molecule has 1 heteroatoms. The van der Waals surface area contributed by atoms with Crippen molar-refractivity contribution in [2.45, 2.75) is 39.5 Å². The number of phenolic OH excluding ortho intramolecular Hbond substituents is 1. The molecule has 0 bridgehead atoms. The van der Waals surface area contributed by atoms with Crippen molar-refractivity contribution >= 4 is 6.08 Å². The van der Waals surface area contributed by atoms with E-state index in [0.717, 1.165) is 17.5 Å². The summed E-state index contributed by atoms with van der Waals surface area (Å²) < 4.78 is 0. The Morgan fingerprint density at radius 1 is 1.05 bits per heavy atom. The number of aryl methyl sites for hydroxylation is 1. The maximum atomic E-state index is 10.5. The summed E-state index contributed by atoms with van der Waals surface area (Å²) in [5.74, 6) is 0.436. The number of hydrogen-bond donors (Lipinski definition) is 1. The van der Waals surface area contributed by atoms with Gasteiger partial charge in [0.2, 0.25) is 0 Å². The van der Waals surface area contributed by atoms with Crippen LogP contribution in [-0.2, 0) is 11.8 Å². The van der Waals surface area contributed by atoms with Crippen LogP contribution in [0, 0.1) is 6.92 Å². The summed E-state index contributed by atoms with van der Waals surface area (Å²) in [7, 11) is 0. The lowest BCUT2D eigenvalue weighted by molar-refractivity contribution is 0.441. The molecule has 0 aromatic heterocycles. The quantitative estimate of drug-likeness (QED) is 0.813. The van der Waals surface area contributed by atoms with E-state index in [1.807, 2.05) is 18.2 Å². The summed E-state index contributed by atoms with van der Waals surface area (Å²) in [4.78, 5) is 0. The second-order valence-corrected chi connectivity index (χ2v) is 6.59. The molecule has 1 N–H and O–H groups in total. The molecule has 0 unspecified atom stereocenters. The van der Waals surface area contributed by atoms with E-state index in [9.17, 15) is 5.11 Å². The monoisotopic (exact) mass is 280 g/mol. The van der Waals surface area contributed by atoms with Gasteiger partial charge in [0.25, 0.3) is 0 Å². The Balaban J connectivity index is 2.25. The van der Waals surface area contributed by atoms with Crippen LogP contribution in [0.3, 0.4) is 0 Å². The fraction of sp³-hybridized carbons (Fsp3) is 0.300. The summed E-state index contributed by atoms with van der Waals surface area (Å²) in [5, 5.41) is 10.5. The highest BCUT2D eigenvalue weighted by atomic mass is 16.3. The largest absolute Gasteiger partial charge is 0.507 e. The second-order valence-electron chi connectivity index (χ2n) is 6.59. The van der Waals surface area contributed by atoms with Crippen molar-refractivity contribution in [2.75, 3.05) is 0 Å². The Labute approximate surface area is 128 Å². The first-order valence-corrected chi connectivity index (χ1v) is 7.42. The highest BCUT2D eigenvalue weighted by Gasteiger charge is 2.20. The van der Waals surface area contributed by atoms with Gasteiger partial charge in [-0.15, -0.1) is 0 Å². The van der Waals surface area contributed by atoms with E-state index in [0.29, 0.717) is 5.75 Å². The highest BCUT2D eigenvalue weighted by molar-refractivity contribution is 5.52. The average Bonchev–Trinajstić information content (AvgIpc) is 2.42. The molecule has 0 radical (unpaired) electrons. The van der Waals surface area contributed by atoms with Crippen LogP contribution in [0.15, 0.2) is 48.5 Å². The first-order chi connectivity index (χ1) is 9.88. The lowest BCUT2D eigenvalue weighted by Gasteiger charge is -2.22. The number of rotatable bonds is 3. The third kappa shape index (κ3) is 3.98. The maximum absolute atomic E-state index is 10.5. The zero-order valence-electron chi connectivity index (χ0n) is 13.4. The Bertz CT molecular complexity index is 631. The standard InChI is InChI=1S/C20H24O/c1-15-13-17(19(21)18(14-15)20(2,3)4)12-8-11-16-9-6-5-7-10-16/h5-11,13-14,21H,12H2,1-4H3. The Hall–Kier alpha value is -2.02. The predicted octanol–water partition coefficient (Wildman–Crippen LogP) is 5.25. The summed E-state index contributed by atoms with van der Waals surface area (Å²) in [6.45, 7) is 8.47. The van der Waals surface area contributed by atoms with Crippen molar-refractivity contribution in [1.82, 2.24) is 0 Å². The summed E-state index contributed by atoms with van der Waals surface area (Å²) in [6.07, 6.45) is 4.94. The third-order valence-electron chi connectivity index (χ3n) is 3.59. The smallest absolute Gasteiger partial charge is 0.122 e. The zero-order chi connectivity index (χ0) is 15.5. The van der Waals surface area contributed by atoms with E-state index in [-0.39, 0.29) is 5.41 Å². The molecule has 21 heavy (non-hydrogen) atoms. The van der Waals surface area contributed by atoms with E-state index >= 15 is 0 Å².